The number of sulfonamides is 1. The van der Waals surface area contributed by atoms with Gasteiger partial charge in [0, 0.05) is 17.3 Å². The number of rotatable bonds is 8. The Morgan fingerprint density at radius 1 is 1.15 bits per heavy atom. The summed E-state index contributed by atoms with van der Waals surface area (Å²) >= 11 is 0. The molecule has 2 rings (SSSR count). The smallest absolute Gasteiger partial charge is 0.261 e. The largest absolute Gasteiger partial charge is 0.497 e. The van der Waals surface area contributed by atoms with Gasteiger partial charge in [-0.05, 0) is 55.8 Å². The van der Waals surface area contributed by atoms with Crippen molar-refractivity contribution in [2.75, 3.05) is 11.8 Å². The molecular weight excluding hydrogens is 352 g/mol. The number of benzene rings is 2. The molecule has 0 saturated carbocycles. The fraction of sp³-hybridized carbons (Fsp3) is 0.316. The second-order valence-corrected chi connectivity index (χ2v) is 7.71. The van der Waals surface area contributed by atoms with Crippen LogP contribution in [-0.4, -0.2) is 27.5 Å². The number of hydrogen-bond acceptors (Lipinski definition) is 4. The second-order valence-electron chi connectivity index (χ2n) is 6.03. The minimum Gasteiger partial charge on any atom is -0.497 e. The lowest BCUT2D eigenvalue weighted by atomic mass is 10.1. The van der Waals surface area contributed by atoms with Crippen LogP contribution in [0.5, 0.6) is 5.75 Å². The Morgan fingerprint density at radius 3 is 2.46 bits per heavy atom. The first kappa shape index (κ1) is 19.8. The number of nitrogens with one attached hydrogen (secondary N) is 2. The molecule has 7 heteroatoms. The van der Waals surface area contributed by atoms with Crippen LogP contribution in [0, 0.1) is 0 Å². The zero-order valence-electron chi connectivity index (χ0n) is 15.2. The average molecular weight is 376 g/mol. The predicted molar refractivity (Wildman–Crippen MR) is 102 cm³/mol. The van der Waals surface area contributed by atoms with Gasteiger partial charge in [-0.1, -0.05) is 19.4 Å². The first-order valence-electron chi connectivity index (χ1n) is 8.43. The van der Waals surface area contributed by atoms with E-state index in [0.29, 0.717) is 17.0 Å². The number of hydrogen-bond donors (Lipinski definition) is 2. The molecule has 0 aliphatic rings. The van der Waals surface area contributed by atoms with Gasteiger partial charge in [0.1, 0.15) is 5.75 Å². The van der Waals surface area contributed by atoms with Gasteiger partial charge in [0.15, 0.2) is 0 Å². The van der Waals surface area contributed by atoms with Crippen molar-refractivity contribution in [1.82, 2.24) is 5.32 Å². The zero-order valence-corrected chi connectivity index (χ0v) is 16.0. The van der Waals surface area contributed by atoms with E-state index in [1.54, 1.807) is 30.3 Å². The number of ether oxygens (including phenoxy) is 1. The number of anilines is 1. The summed E-state index contributed by atoms with van der Waals surface area (Å²) in [6.07, 6.45) is 1.86. The third-order valence-corrected chi connectivity index (χ3v) is 5.24. The van der Waals surface area contributed by atoms with E-state index >= 15 is 0 Å². The van der Waals surface area contributed by atoms with Crippen LogP contribution in [0.4, 0.5) is 5.69 Å². The Morgan fingerprint density at radius 2 is 1.85 bits per heavy atom. The normalized spacial score (nSPS) is 12.3. The molecule has 2 aromatic rings. The standard InChI is InChI=1S/C19H24N2O4S/c1-4-6-14(2)20-19(22)15-7-5-8-16(13-15)21-26(23,24)18-11-9-17(25-3)10-12-18/h5,7-14,21H,4,6H2,1-3H3,(H,20,22). The van der Waals surface area contributed by atoms with Crippen LogP contribution in [0.15, 0.2) is 53.4 Å². The van der Waals surface area contributed by atoms with Crippen LogP contribution < -0.4 is 14.8 Å². The first-order valence-corrected chi connectivity index (χ1v) is 9.92. The molecule has 2 aromatic carbocycles. The summed E-state index contributed by atoms with van der Waals surface area (Å²) < 4.78 is 32.5. The van der Waals surface area contributed by atoms with E-state index in [2.05, 4.69) is 17.0 Å². The third-order valence-electron chi connectivity index (χ3n) is 3.85. The SMILES string of the molecule is CCCC(C)NC(=O)c1cccc(NS(=O)(=O)c2ccc(OC)cc2)c1. The molecule has 0 aromatic heterocycles. The summed E-state index contributed by atoms with van der Waals surface area (Å²) in [7, 11) is -2.24. The van der Waals surface area contributed by atoms with E-state index in [9.17, 15) is 13.2 Å². The quantitative estimate of drug-likeness (QED) is 0.739. The van der Waals surface area contributed by atoms with Gasteiger partial charge in [-0.25, -0.2) is 8.42 Å². The number of amides is 1. The van der Waals surface area contributed by atoms with Gasteiger partial charge in [-0.2, -0.15) is 0 Å². The molecule has 2 N–H and O–H groups in total. The van der Waals surface area contributed by atoms with Gasteiger partial charge in [-0.3, -0.25) is 9.52 Å². The maximum Gasteiger partial charge on any atom is 0.261 e. The van der Waals surface area contributed by atoms with Crippen LogP contribution in [-0.2, 0) is 10.0 Å². The highest BCUT2D eigenvalue weighted by Gasteiger charge is 2.16. The summed E-state index contributed by atoms with van der Waals surface area (Å²) in [4.78, 5) is 12.4. The molecule has 1 amide bonds. The van der Waals surface area contributed by atoms with E-state index < -0.39 is 10.0 Å². The molecule has 0 aliphatic carbocycles. The van der Waals surface area contributed by atoms with Gasteiger partial charge in [0.2, 0.25) is 0 Å². The van der Waals surface area contributed by atoms with E-state index in [0.717, 1.165) is 12.8 Å². The lowest BCUT2D eigenvalue weighted by Gasteiger charge is -2.14. The molecule has 140 valence electrons. The minimum absolute atomic E-state index is 0.0622. The lowest BCUT2D eigenvalue weighted by Crippen LogP contribution is -2.32. The van der Waals surface area contributed by atoms with Gasteiger partial charge in [0.25, 0.3) is 15.9 Å². The van der Waals surface area contributed by atoms with Crippen LogP contribution in [0.2, 0.25) is 0 Å². The number of methoxy groups -OCH3 is 1. The van der Waals surface area contributed by atoms with Gasteiger partial charge in [-0.15, -0.1) is 0 Å². The lowest BCUT2D eigenvalue weighted by molar-refractivity contribution is 0.0938. The summed E-state index contributed by atoms with van der Waals surface area (Å²) in [5, 5.41) is 2.90. The van der Waals surface area contributed by atoms with Crippen LogP contribution in [0.25, 0.3) is 0 Å². The summed E-state index contributed by atoms with van der Waals surface area (Å²) in [6, 6.07) is 12.6. The molecule has 26 heavy (non-hydrogen) atoms. The van der Waals surface area contributed by atoms with Crippen LogP contribution >= 0.6 is 0 Å². The number of carbonyl (C=O) groups excluding carboxylic acids is 1. The Hall–Kier alpha value is -2.54. The molecule has 0 spiro atoms. The van der Waals surface area contributed by atoms with Crippen LogP contribution in [0.1, 0.15) is 37.0 Å². The molecule has 0 aliphatic heterocycles. The predicted octanol–water partition coefficient (Wildman–Crippen LogP) is 3.41. The second kappa shape index (κ2) is 8.71. The Bertz CT molecular complexity index is 848. The van der Waals surface area contributed by atoms with E-state index in [1.807, 2.05) is 6.92 Å². The highest BCUT2D eigenvalue weighted by atomic mass is 32.2. The molecule has 0 radical (unpaired) electrons. The maximum absolute atomic E-state index is 12.5. The van der Waals surface area contributed by atoms with Crippen molar-refractivity contribution < 1.29 is 17.9 Å². The molecular formula is C19H24N2O4S. The van der Waals surface area contributed by atoms with Crippen LogP contribution in [0.3, 0.4) is 0 Å². The summed E-state index contributed by atoms with van der Waals surface area (Å²) in [5.74, 6) is 0.347. The van der Waals surface area contributed by atoms with Crippen molar-refractivity contribution in [1.29, 1.82) is 0 Å². The van der Waals surface area contributed by atoms with Gasteiger partial charge in [0.05, 0.1) is 12.0 Å². The van der Waals surface area contributed by atoms with E-state index in [1.165, 1.54) is 25.3 Å². The molecule has 0 heterocycles. The van der Waals surface area contributed by atoms with Crippen molar-refractivity contribution in [3.05, 3.63) is 54.1 Å². The highest BCUT2D eigenvalue weighted by molar-refractivity contribution is 7.92. The Kier molecular flexibility index (Phi) is 6.63. The summed E-state index contributed by atoms with van der Waals surface area (Å²) in [5.41, 5.74) is 0.736. The highest BCUT2D eigenvalue weighted by Crippen LogP contribution is 2.20. The maximum atomic E-state index is 12.5. The molecule has 0 bridgehead atoms. The van der Waals surface area contributed by atoms with Crippen molar-refractivity contribution >= 4 is 21.6 Å². The topological polar surface area (TPSA) is 84.5 Å². The van der Waals surface area contributed by atoms with E-state index in [4.69, 9.17) is 4.74 Å². The minimum atomic E-state index is -3.75. The molecule has 0 fully saturated rings. The van der Waals surface area contributed by atoms with Gasteiger partial charge >= 0.3 is 0 Å². The monoisotopic (exact) mass is 376 g/mol. The van der Waals surface area contributed by atoms with Gasteiger partial charge < -0.3 is 10.1 Å². The van der Waals surface area contributed by atoms with E-state index in [-0.39, 0.29) is 16.8 Å². The summed E-state index contributed by atoms with van der Waals surface area (Å²) in [6.45, 7) is 3.99. The third kappa shape index (κ3) is 5.23. The molecule has 0 saturated heterocycles. The number of carbonyl (C=O) groups is 1. The average Bonchev–Trinajstić information content (AvgIpc) is 2.61. The van der Waals surface area contributed by atoms with Crippen molar-refractivity contribution in [3.8, 4) is 5.75 Å². The Balaban J connectivity index is 2.15. The first-order chi connectivity index (χ1) is 12.4. The van der Waals surface area contributed by atoms with Crippen molar-refractivity contribution in [2.45, 2.75) is 37.6 Å². The fourth-order valence-electron chi connectivity index (χ4n) is 2.51. The fourth-order valence-corrected chi connectivity index (χ4v) is 3.55. The van der Waals surface area contributed by atoms with Crippen molar-refractivity contribution in [3.63, 3.8) is 0 Å². The Labute approximate surface area is 154 Å². The molecule has 1 atom stereocenters. The molecule has 6 nitrogen and oxygen atoms in total. The molecule has 1 unspecified atom stereocenters. The zero-order chi connectivity index (χ0) is 19.2. The van der Waals surface area contributed by atoms with Crippen molar-refractivity contribution in [2.24, 2.45) is 0 Å².